The highest BCUT2D eigenvalue weighted by atomic mass is 16.2. The third-order valence-corrected chi connectivity index (χ3v) is 5.42. The average Bonchev–Trinajstić information content (AvgIpc) is 3.39. The SMILES string of the molecule is CC(C)c1nn(CC(=O)N[C@H]2CCC(=O)N(C)C2)c(=O)c2cc(C3CC3)nn12. The minimum atomic E-state index is -0.310. The molecule has 9 nitrogen and oxygen atoms in total. The Kier molecular flexibility index (Phi) is 4.68. The van der Waals surface area contributed by atoms with Crippen LogP contribution in [0.25, 0.3) is 5.52 Å². The Labute approximate surface area is 162 Å². The maximum Gasteiger partial charge on any atom is 0.293 e. The van der Waals surface area contributed by atoms with Crippen molar-refractivity contribution in [3.8, 4) is 0 Å². The number of nitrogens with zero attached hydrogens (tertiary/aromatic N) is 5. The molecule has 1 saturated carbocycles. The van der Waals surface area contributed by atoms with E-state index in [1.54, 1.807) is 16.5 Å². The number of likely N-dealkylation sites (tertiary alicyclic amines) is 1. The van der Waals surface area contributed by atoms with Crippen molar-refractivity contribution < 1.29 is 9.59 Å². The molecule has 1 saturated heterocycles. The van der Waals surface area contributed by atoms with E-state index < -0.39 is 0 Å². The van der Waals surface area contributed by atoms with E-state index in [0.717, 1.165) is 18.5 Å². The Morgan fingerprint density at radius 2 is 2.00 bits per heavy atom. The van der Waals surface area contributed by atoms with Crippen molar-refractivity contribution in [2.75, 3.05) is 13.6 Å². The van der Waals surface area contributed by atoms with Gasteiger partial charge in [0.1, 0.15) is 12.1 Å². The van der Waals surface area contributed by atoms with Crippen LogP contribution in [0.2, 0.25) is 0 Å². The molecule has 1 atom stereocenters. The number of hydrogen-bond acceptors (Lipinski definition) is 5. The summed E-state index contributed by atoms with van der Waals surface area (Å²) in [4.78, 5) is 38.6. The van der Waals surface area contributed by atoms with E-state index in [0.29, 0.717) is 36.6 Å². The molecule has 0 unspecified atom stereocenters. The van der Waals surface area contributed by atoms with Crippen molar-refractivity contribution >= 4 is 17.3 Å². The molecule has 2 aliphatic rings. The highest BCUT2D eigenvalue weighted by Gasteiger charge is 2.28. The molecule has 4 rings (SSSR count). The van der Waals surface area contributed by atoms with Crippen LogP contribution in [-0.4, -0.2) is 55.7 Å². The molecule has 150 valence electrons. The average molecular weight is 386 g/mol. The maximum absolute atomic E-state index is 12.9. The standard InChI is InChI=1S/C19H26N6O3/c1-11(2)18-22-24(10-16(26)20-13-6-7-17(27)23(3)9-13)19(28)15-8-14(12-4-5-12)21-25(15)18/h8,11-13H,4-7,9-10H2,1-3H3,(H,20,26)/t13-/m0/s1. The zero-order chi connectivity index (χ0) is 20.0. The predicted octanol–water partition coefficient (Wildman–Crippen LogP) is 0.629. The molecule has 1 N–H and O–H groups in total. The molecular formula is C19H26N6O3. The van der Waals surface area contributed by atoms with Crippen LogP contribution in [0, 0.1) is 0 Å². The first-order valence-electron chi connectivity index (χ1n) is 9.87. The van der Waals surface area contributed by atoms with Gasteiger partial charge in [-0.1, -0.05) is 13.8 Å². The number of fused-ring (bicyclic) bond motifs is 1. The van der Waals surface area contributed by atoms with Crippen LogP contribution in [0.15, 0.2) is 10.9 Å². The van der Waals surface area contributed by atoms with Gasteiger partial charge in [-0.05, 0) is 25.3 Å². The number of carbonyl (C=O) groups is 2. The molecule has 1 aliphatic carbocycles. The number of rotatable bonds is 5. The fourth-order valence-electron chi connectivity index (χ4n) is 3.66. The van der Waals surface area contributed by atoms with Crippen LogP contribution in [-0.2, 0) is 16.1 Å². The Balaban J connectivity index is 1.57. The van der Waals surface area contributed by atoms with Gasteiger partial charge in [0.15, 0.2) is 5.82 Å². The minimum Gasteiger partial charge on any atom is -0.350 e. The normalized spacial score (nSPS) is 20.2. The summed E-state index contributed by atoms with van der Waals surface area (Å²) < 4.78 is 2.87. The Morgan fingerprint density at radius 1 is 1.25 bits per heavy atom. The lowest BCUT2D eigenvalue weighted by Gasteiger charge is -2.30. The zero-order valence-corrected chi connectivity index (χ0v) is 16.5. The summed E-state index contributed by atoms with van der Waals surface area (Å²) in [6.45, 7) is 4.32. The summed E-state index contributed by atoms with van der Waals surface area (Å²) in [6, 6.07) is 1.74. The number of likely N-dealkylation sites (N-methyl/N-ethyl adjacent to an activating group) is 1. The quantitative estimate of drug-likeness (QED) is 0.812. The van der Waals surface area contributed by atoms with E-state index in [2.05, 4.69) is 15.5 Å². The second-order valence-corrected chi connectivity index (χ2v) is 8.19. The van der Waals surface area contributed by atoms with E-state index in [1.165, 1.54) is 4.68 Å². The van der Waals surface area contributed by atoms with Crippen molar-refractivity contribution in [2.24, 2.45) is 0 Å². The summed E-state index contributed by atoms with van der Waals surface area (Å²) in [6.07, 6.45) is 3.23. The largest absolute Gasteiger partial charge is 0.350 e. The van der Waals surface area contributed by atoms with Gasteiger partial charge in [-0.2, -0.15) is 10.2 Å². The predicted molar refractivity (Wildman–Crippen MR) is 102 cm³/mol. The summed E-state index contributed by atoms with van der Waals surface area (Å²) in [5.74, 6) is 0.965. The van der Waals surface area contributed by atoms with Gasteiger partial charge in [0.25, 0.3) is 5.56 Å². The number of carbonyl (C=O) groups excluding carboxylic acids is 2. The van der Waals surface area contributed by atoms with E-state index in [-0.39, 0.29) is 35.9 Å². The fourth-order valence-corrected chi connectivity index (χ4v) is 3.66. The molecule has 2 aromatic rings. The van der Waals surface area contributed by atoms with Crippen molar-refractivity contribution in [3.05, 3.63) is 27.9 Å². The maximum atomic E-state index is 12.9. The van der Waals surface area contributed by atoms with E-state index in [9.17, 15) is 14.4 Å². The Bertz CT molecular complexity index is 987. The Morgan fingerprint density at radius 3 is 2.64 bits per heavy atom. The fraction of sp³-hybridized carbons (Fsp3) is 0.632. The molecule has 28 heavy (non-hydrogen) atoms. The van der Waals surface area contributed by atoms with E-state index in [4.69, 9.17) is 0 Å². The van der Waals surface area contributed by atoms with Crippen LogP contribution in [0.4, 0.5) is 0 Å². The highest BCUT2D eigenvalue weighted by Crippen LogP contribution is 2.39. The summed E-state index contributed by atoms with van der Waals surface area (Å²) in [5.41, 5.74) is 1.09. The van der Waals surface area contributed by atoms with Crippen molar-refractivity contribution in [3.63, 3.8) is 0 Å². The number of aromatic nitrogens is 4. The lowest BCUT2D eigenvalue weighted by Crippen LogP contribution is -2.49. The van der Waals surface area contributed by atoms with Gasteiger partial charge in [-0.25, -0.2) is 9.20 Å². The van der Waals surface area contributed by atoms with Gasteiger partial charge in [0.05, 0.1) is 5.69 Å². The first kappa shape index (κ1) is 18.6. The van der Waals surface area contributed by atoms with Crippen LogP contribution in [0.5, 0.6) is 0 Å². The molecule has 3 heterocycles. The van der Waals surface area contributed by atoms with Gasteiger partial charge < -0.3 is 10.2 Å². The first-order valence-corrected chi connectivity index (χ1v) is 9.87. The van der Waals surface area contributed by atoms with Crippen molar-refractivity contribution in [1.82, 2.24) is 29.6 Å². The monoisotopic (exact) mass is 386 g/mol. The minimum absolute atomic E-state index is 0.0578. The van der Waals surface area contributed by atoms with Gasteiger partial charge in [0, 0.05) is 37.9 Å². The number of nitrogens with one attached hydrogen (secondary N) is 1. The molecule has 0 radical (unpaired) electrons. The molecule has 0 aromatic carbocycles. The molecule has 0 bridgehead atoms. The molecule has 1 aliphatic heterocycles. The van der Waals surface area contributed by atoms with Gasteiger partial charge >= 0.3 is 0 Å². The molecule has 0 spiro atoms. The van der Waals surface area contributed by atoms with Gasteiger partial charge in [-0.3, -0.25) is 14.4 Å². The number of hydrogen-bond donors (Lipinski definition) is 1. The molecule has 9 heteroatoms. The number of piperidine rings is 1. The smallest absolute Gasteiger partial charge is 0.293 e. The summed E-state index contributed by atoms with van der Waals surface area (Å²) in [7, 11) is 1.73. The summed E-state index contributed by atoms with van der Waals surface area (Å²) >= 11 is 0. The van der Waals surface area contributed by atoms with Crippen molar-refractivity contribution in [1.29, 1.82) is 0 Å². The topological polar surface area (TPSA) is 102 Å². The number of amides is 2. The summed E-state index contributed by atoms with van der Waals surface area (Å²) in [5, 5.41) is 11.9. The third kappa shape index (κ3) is 3.53. The second-order valence-electron chi connectivity index (χ2n) is 8.19. The van der Waals surface area contributed by atoms with Crippen molar-refractivity contribution in [2.45, 2.75) is 64.0 Å². The van der Waals surface area contributed by atoms with Crippen LogP contribution < -0.4 is 10.9 Å². The Hall–Kier alpha value is -2.71. The van der Waals surface area contributed by atoms with Crippen LogP contribution in [0.3, 0.4) is 0 Å². The molecular weight excluding hydrogens is 360 g/mol. The second kappa shape index (κ2) is 7.03. The van der Waals surface area contributed by atoms with E-state index in [1.807, 2.05) is 19.9 Å². The van der Waals surface area contributed by atoms with Gasteiger partial charge in [0.2, 0.25) is 11.8 Å². The van der Waals surface area contributed by atoms with Gasteiger partial charge in [-0.15, -0.1) is 0 Å². The van der Waals surface area contributed by atoms with Crippen LogP contribution in [0.1, 0.15) is 62.9 Å². The highest BCUT2D eigenvalue weighted by molar-refractivity contribution is 5.78. The first-order chi connectivity index (χ1) is 13.3. The molecule has 2 amide bonds. The lowest BCUT2D eigenvalue weighted by molar-refractivity contribution is -0.134. The third-order valence-electron chi connectivity index (χ3n) is 5.42. The lowest BCUT2D eigenvalue weighted by atomic mass is 10.1. The molecule has 2 fully saturated rings. The van der Waals surface area contributed by atoms with Crippen LogP contribution >= 0.6 is 0 Å². The molecule has 2 aromatic heterocycles. The zero-order valence-electron chi connectivity index (χ0n) is 16.5. The van der Waals surface area contributed by atoms with E-state index >= 15 is 0 Å².